The van der Waals surface area contributed by atoms with Gasteiger partial charge in [0.1, 0.15) is 0 Å². The second-order valence-corrected chi connectivity index (χ2v) is 6.90. The molecule has 0 spiro atoms. The first-order chi connectivity index (χ1) is 13.1. The van der Waals surface area contributed by atoms with E-state index in [-0.39, 0.29) is 36.2 Å². The van der Waals surface area contributed by atoms with Crippen molar-refractivity contribution in [2.45, 2.75) is 31.4 Å². The quantitative estimate of drug-likeness (QED) is 0.783. The van der Waals surface area contributed by atoms with Gasteiger partial charge in [-0.15, -0.1) is 12.4 Å². The third-order valence-electron chi connectivity index (χ3n) is 5.03. The Kier molecular flexibility index (Phi) is 8.18. The van der Waals surface area contributed by atoms with E-state index in [1.165, 1.54) is 17.5 Å². The Morgan fingerprint density at radius 2 is 1.54 bits per heavy atom. The zero-order valence-electron chi connectivity index (χ0n) is 16.2. The van der Waals surface area contributed by atoms with Gasteiger partial charge in [-0.3, -0.25) is 14.5 Å². The lowest BCUT2D eigenvalue weighted by molar-refractivity contribution is -0.137. The molecule has 2 aliphatic rings. The minimum atomic E-state index is -0.270. The van der Waals surface area contributed by atoms with Crippen LogP contribution in [0.25, 0.3) is 0 Å². The highest BCUT2D eigenvalue weighted by Gasteiger charge is 2.36. The number of nitrogens with one attached hydrogen (secondary N) is 1. The van der Waals surface area contributed by atoms with Crippen LogP contribution in [-0.2, 0) is 14.3 Å². The summed E-state index contributed by atoms with van der Waals surface area (Å²) in [4.78, 5) is 24.1. The van der Waals surface area contributed by atoms with Crippen molar-refractivity contribution in [3.8, 4) is 0 Å². The van der Waals surface area contributed by atoms with E-state index in [1.54, 1.807) is 0 Å². The minimum Gasteiger partial charge on any atom is -0.371 e. The number of likely N-dealkylation sites (tertiary alicyclic amines) is 1. The molecule has 2 heterocycles. The third-order valence-corrected chi connectivity index (χ3v) is 5.03. The number of hydrogen-bond donors (Lipinski definition) is 1. The van der Waals surface area contributed by atoms with E-state index in [0.29, 0.717) is 12.5 Å². The zero-order chi connectivity index (χ0) is 19.2. The molecule has 28 heavy (non-hydrogen) atoms. The molecule has 2 saturated heterocycles. The number of nitrogens with zero attached hydrogens (tertiary/aromatic N) is 1. The van der Waals surface area contributed by atoms with Crippen LogP contribution in [0.2, 0.25) is 0 Å². The minimum absolute atomic E-state index is 0. The van der Waals surface area contributed by atoms with Crippen molar-refractivity contribution in [3.63, 3.8) is 0 Å². The van der Waals surface area contributed by atoms with Crippen molar-refractivity contribution in [1.82, 2.24) is 10.2 Å². The van der Waals surface area contributed by atoms with Gasteiger partial charge in [-0.05, 0) is 18.1 Å². The summed E-state index contributed by atoms with van der Waals surface area (Å²) in [5, 5.41) is 3.41. The van der Waals surface area contributed by atoms with E-state index in [1.807, 2.05) is 36.4 Å². The van der Waals surface area contributed by atoms with Crippen LogP contribution in [0.15, 0.2) is 60.7 Å². The van der Waals surface area contributed by atoms with Crippen molar-refractivity contribution in [2.24, 2.45) is 0 Å². The second kappa shape index (κ2) is 10.4. The van der Waals surface area contributed by atoms with Gasteiger partial charge in [0.25, 0.3) is 0 Å². The highest BCUT2D eigenvalue weighted by Crippen LogP contribution is 2.28. The summed E-state index contributed by atoms with van der Waals surface area (Å²) in [5.41, 5.74) is 2.19. The van der Waals surface area contributed by atoms with Crippen LogP contribution in [-0.4, -0.2) is 43.0 Å². The Balaban J connectivity index is 0.000000194. The van der Waals surface area contributed by atoms with Crippen molar-refractivity contribution in [2.75, 3.05) is 20.2 Å². The van der Waals surface area contributed by atoms with Gasteiger partial charge in [-0.2, -0.15) is 0 Å². The van der Waals surface area contributed by atoms with Gasteiger partial charge in [-0.1, -0.05) is 60.7 Å². The molecule has 0 aromatic heterocycles. The fraction of sp³-hybridized carbons (Fsp3) is 0.364. The number of ether oxygens (including phenoxy) is 1. The summed E-state index contributed by atoms with van der Waals surface area (Å²) in [6.07, 6.45) is 0.522. The molecule has 4 rings (SSSR count). The number of benzene rings is 2. The number of morpholine rings is 1. The third kappa shape index (κ3) is 5.19. The molecular weight excluding hydrogens is 376 g/mol. The molecule has 0 bridgehead atoms. The number of halogens is 1. The second-order valence-electron chi connectivity index (χ2n) is 6.90. The predicted octanol–water partition coefficient (Wildman–Crippen LogP) is 3.32. The SMILES string of the molecule is CC1NCCOC1c1ccccc1.CN1C(=O)CC(c2ccccc2)C1=O.Cl. The van der Waals surface area contributed by atoms with Crippen LogP contribution in [0.1, 0.15) is 36.5 Å². The van der Waals surface area contributed by atoms with Gasteiger partial charge < -0.3 is 10.1 Å². The molecule has 0 saturated carbocycles. The highest BCUT2D eigenvalue weighted by atomic mass is 35.5. The first kappa shape index (κ1) is 22.1. The van der Waals surface area contributed by atoms with Crippen molar-refractivity contribution < 1.29 is 14.3 Å². The van der Waals surface area contributed by atoms with Crippen molar-refractivity contribution in [3.05, 3.63) is 71.8 Å². The topological polar surface area (TPSA) is 58.6 Å². The molecule has 2 amide bonds. The molecule has 2 aromatic rings. The maximum atomic E-state index is 11.6. The summed E-state index contributed by atoms with van der Waals surface area (Å²) >= 11 is 0. The van der Waals surface area contributed by atoms with E-state index in [9.17, 15) is 9.59 Å². The van der Waals surface area contributed by atoms with Crippen molar-refractivity contribution >= 4 is 24.2 Å². The Morgan fingerprint density at radius 3 is 2.04 bits per heavy atom. The summed E-state index contributed by atoms with van der Waals surface area (Å²) < 4.78 is 5.71. The average Bonchev–Trinajstić information content (AvgIpc) is 2.98. The first-order valence-corrected chi connectivity index (χ1v) is 9.33. The normalized spacial score (nSPS) is 24.2. The molecule has 1 N–H and O–H groups in total. The lowest BCUT2D eigenvalue weighted by atomic mass is 9.98. The van der Waals surface area contributed by atoms with Gasteiger partial charge in [0.05, 0.1) is 18.6 Å². The van der Waals surface area contributed by atoms with E-state index in [2.05, 4.69) is 36.5 Å². The largest absolute Gasteiger partial charge is 0.371 e. The van der Waals surface area contributed by atoms with E-state index in [0.717, 1.165) is 18.7 Å². The molecule has 5 nitrogen and oxygen atoms in total. The summed E-state index contributed by atoms with van der Waals surface area (Å²) in [6.45, 7) is 3.94. The molecule has 0 aliphatic carbocycles. The smallest absolute Gasteiger partial charge is 0.236 e. The molecule has 2 aromatic carbocycles. The molecule has 2 aliphatic heterocycles. The zero-order valence-corrected chi connectivity index (χ0v) is 17.0. The molecule has 3 atom stereocenters. The summed E-state index contributed by atoms with van der Waals surface area (Å²) in [6, 6.07) is 20.2. The Bertz CT molecular complexity index is 770. The lowest BCUT2D eigenvalue weighted by Gasteiger charge is -2.30. The number of rotatable bonds is 2. The van der Waals surface area contributed by atoms with Crippen LogP contribution >= 0.6 is 12.4 Å². The Morgan fingerprint density at radius 1 is 0.964 bits per heavy atom. The van der Waals surface area contributed by atoms with Crippen LogP contribution in [0.5, 0.6) is 0 Å². The predicted molar refractivity (Wildman–Crippen MR) is 111 cm³/mol. The lowest BCUT2D eigenvalue weighted by Crippen LogP contribution is -2.41. The molecule has 6 heteroatoms. The molecule has 2 fully saturated rings. The van der Waals surface area contributed by atoms with Gasteiger partial charge in [0.15, 0.2) is 0 Å². The number of likely N-dealkylation sites (N-methyl/N-ethyl adjacent to an activating group) is 1. The molecule has 3 unspecified atom stereocenters. The van der Waals surface area contributed by atoms with Gasteiger partial charge in [0.2, 0.25) is 11.8 Å². The van der Waals surface area contributed by atoms with Crippen LogP contribution in [0.3, 0.4) is 0 Å². The van der Waals surface area contributed by atoms with E-state index < -0.39 is 0 Å². The molecule has 0 radical (unpaired) electrons. The monoisotopic (exact) mass is 402 g/mol. The van der Waals surface area contributed by atoms with Crippen LogP contribution < -0.4 is 5.32 Å². The number of carbonyl (C=O) groups excluding carboxylic acids is 2. The van der Waals surface area contributed by atoms with Gasteiger partial charge >= 0.3 is 0 Å². The number of amides is 2. The van der Waals surface area contributed by atoms with Gasteiger partial charge in [-0.25, -0.2) is 0 Å². The Labute approximate surface area is 172 Å². The maximum Gasteiger partial charge on any atom is 0.236 e. The van der Waals surface area contributed by atoms with E-state index >= 15 is 0 Å². The summed E-state index contributed by atoms with van der Waals surface area (Å²) in [5.74, 6) is -0.459. The number of imide groups is 1. The summed E-state index contributed by atoms with van der Waals surface area (Å²) in [7, 11) is 1.54. The fourth-order valence-corrected chi connectivity index (χ4v) is 3.45. The van der Waals surface area contributed by atoms with Crippen LogP contribution in [0.4, 0.5) is 0 Å². The molecular formula is C22H27ClN2O3. The van der Waals surface area contributed by atoms with E-state index in [4.69, 9.17) is 4.74 Å². The average molecular weight is 403 g/mol. The molecule has 150 valence electrons. The fourth-order valence-electron chi connectivity index (χ4n) is 3.45. The standard InChI is InChI=1S/C11H11NO2.C11H15NO.ClH/c1-12-10(13)7-9(11(12)14)8-5-3-2-4-6-8;1-9-11(13-8-7-12-9)10-5-3-2-4-6-10;/h2-6,9H,7H2,1H3;2-6,9,11-12H,7-8H2,1H3;1H. The van der Waals surface area contributed by atoms with Crippen LogP contribution in [0, 0.1) is 0 Å². The number of hydrogen-bond acceptors (Lipinski definition) is 4. The van der Waals surface area contributed by atoms with Gasteiger partial charge in [0, 0.05) is 26.1 Å². The Hall–Kier alpha value is -2.21. The maximum absolute atomic E-state index is 11.6. The first-order valence-electron chi connectivity index (χ1n) is 9.33. The number of carbonyl (C=O) groups is 2. The van der Waals surface area contributed by atoms with Crippen molar-refractivity contribution in [1.29, 1.82) is 0 Å². The highest BCUT2D eigenvalue weighted by molar-refractivity contribution is 6.05.